The molecule has 2 heterocycles. The third-order valence-corrected chi connectivity index (χ3v) is 4.85. The maximum atomic E-state index is 12.1. The first-order valence-corrected chi connectivity index (χ1v) is 10.6. The number of nitrogens with one attached hydrogen (secondary N) is 3. The number of pyridine rings is 1. The minimum atomic E-state index is -0.107. The molecule has 1 amide bonds. The van der Waals surface area contributed by atoms with Crippen LogP contribution in [0, 0.1) is 6.92 Å². The fraction of sp³-hybridized carbons (Fsp3) is 0.435. The van der Waals surface area contributed by atoms with Crippen molar-refractivity contribution in [3.63, 3.8) is 0 Å². The number of fused-ring (bicyclic) bond motifs is 1. The molecule has 1 aliphatic heterocycles. The summed E-state index contributed by atoms with van der Waals surface area (Å²) in [7, 11) is 1.70. The van der Waals surface area contributed by atoms with Crippen LogP contribution in [0.15, 0.2) is 35.3 Å². The molecule has 1 aromatic carbocycles. The smallest absolute Gasteiger partial charge is 0.227 e. The van der Waals surface area contributed by atoms with Gasteiger partial charge in [0.05, 0.1) is 6.61 Å². The zero-order valence-electron chi connectivity index (χ0n) is 18.6. The molecule has 1 atom stereocenters. The summed E-state index contributed by atoms with van der Waals surface area (Å²) in [4.78, 5) is 20.7. The Morgan fingerprint density at radius 3 is 2.90 bits per heavy atom. The van der Waals surface area contributed by atoms with Crippen LogP contribution in [0.1, 0.15) is 37.1 Å². The van der Waals surface area contributed by atoms with Crippen molar-refractivity contribution in [1.29, 1.82) is 0 Å². The zero-order chi connectivity index (χ0) is 22.2. The average molecular weight is 426 g/mol. The molecule has 1 aliphatic rings. The highest BCUT2D eigenvalue weighted by atomic mass is 16.5. The molecule has 0 saturated carbocycles. The Bertz CT molecular complexity index is 945. The van der Waals surface area contributed by atoms with Gasteiger partial charge in [0.25, 0.3) is 0 Å². The number of carbonyl (C=O) groups is 1. The standard InChI is InChI=1S/C23H31N5O3/c1-5-30-19-12-17-11-16(3)31-20(17)13-18(19)14-26-23(24-4)25-10-9-22(29)28-21-8-6-7-15(2)27-21/h6-8,12-13,16H,5,9-11,14H2,1-4H3,(H2,24,25,26)(H,27,28,29). The van der Waals surface area contributed by atoms with E-state index in [0.29, 0.717) is 37.9 Å². The van der Waals surface area contributed by atoms with E-state index >= 15 is 0 Å². The second-order valence-corrected chi connectivity index (χ2v) is 7.45. The first-order valence-electron chi connectivity index (χ1n) is 10.6. The SMILES string of the molecule is CCOc1cc2c(cc1CNC(=NC)NCCC(=O)Nc1cccc(C)n1)OC(C)C2. The Hall–Kier alpha value is -3.29. The highest BCUT2D eigenvalue weighted by Crippen LogP contribution is 2.35. The van der Waals surface area contributed by atoms with E-state index in [1.54, 1.807) is 13.1 Å². The van der Waals surface area contributed by atoms with E-state index < -0.39 is 0 Å². The summed E-state index contributed by atoms with van der Waals surface area (Å²) in [5.41, 5.74) is 3.04. The van der Waals surface area contributed by atoms with Gasteiger partial charge in [0.2, 0.25) is 5.91 Å². The number of hydrogen-bond donors (Lipinski definition) is 3. The molecule has 166 valence electrons. The number of carbonyl (C=O) groups excluding carboxylic acids is 1. The van der Waals surface area contributed by atoms with Crippen LogP contribution >= 0.6 is 0 Å². The molecule has 0 fully saturated rings. The van der Waals surface area contributed by atoms with Crippen LogP contribution in [0.2, 0.25) is 0 Å². The third kappa shape index (κ3) is 6.34. The molecular weight excluding hydrogens is 394 g/mol. The summed E-state index contributed by atoms with van der Waals surface area (Å²) in [5, 5.41) is 9.24. The van der Waals surface area contributed by atoms with E-state index in [1.165, 1.54) is 5.56 Å². The van der Waals surface area contributed by atoms with Crippen molar-refractivity contribution in [3.8, 4) is 11.5 Å². The van der Waals surface area contributed by atoms with Crippen molar-refractivity contribution < 1.29 is 14.3 Å². The predicted molar refractivity (Wildman–Crippen MR) is 122 cm³/mol. The van der Waals surface area contributed by atoms with Crippen molar-refractivity contribution in [2.24, 2.45) is 4.99 Å². The van der Waals surface area contributed by atoms with Crippen molar-refractivity contribution >= 4 is 17.7 Å². The van der Waals surface area contributed by atoms with Crippen LogP contribution in [-0.4, -0.2) is 43.2 Å². The molecule has 2 aromatic rings. The van der Waals surface area contributed by atoms with Gasteiger partial charge in [0.1, 0.15) is 23.4 Å². The van der Waals surface area contributed by atoms with Crippen molar-refractivity contribution in [2.45, 2.75) is 46.3 Å². The van der Waals surface area contributed by atoms with Gasteiger partial charge in [0, 0.05) is 49.8 Å². The number of nitrogens with zero attached hydrogens (tertiary/aromatic N) is 2. The van der Waals surface area contributed by atoms with Crippen molar-refractivity contribution in [2.75, 3.05) is 25.5 Å². The normalized spacial score (nSPS) is 15.1. The number of aryl methyl sites for hydroxylation is 1. The van der Waals surface area contributed by atoms with Gasteiger partial charge in [-0.25, -0.2) is 4.98 Å². The number of benzene rings is 1. The summed E-state index contributed by atoms with van der Waals surface area (Å²) >= 11 is 0. The Balaban J connectivity index is 1.50. The summed E-state index contributed by atoms with van der Waals surface area (Å²) in [6.45, 7) is 7.49. The Morgan fingerprint density at radius 1 is 1.32 bits per heavy atom. The number of rotatable bonds is 8. The van der Waals surface area contributed by atoms with Crippen molar-refractivity contribution in [1.82, 2.24) is 15.6 Å². The average Bonchev–Trinajstić information content (AvgIpc) is 3.09. The molecule has 0 bridgehead atoms. The van der Waals surface area contributed by atoms with Gasteiger partial charge >= 0.3 is 0 Å². The van der Waals surface area contributed by atoms with E-state index in [1.807, 2.05) is 32.0 Å². The fourth-order valence-electron chi connectivity index (χ4n) is 3.42. The highest BCUT2D eigenvalue weighted by molar-refractivity contribution is 5.90. The number of anilines is 1. The van der Waals surface area contributed by atoms with Crippen LogP contribution in [0.25, 0.3) is 0 Å². The largest absolute Gasteiger partial charge is 0.494 e. The predicted octanol–water partition coefficient (Wildman–Crippen LogP) is 2.81. The summed E-state index contributed by atoms with van der Waals surface area (Å²) < 4.78 is 11.7. The molecule has 1 aromatic heterocycles. The molecular formula is C23H31N5O3. The minimum Gasteiger partial charge on any atom is -0.494 e. The van der Waals surface area contributed by atoms with Gasteiger partial charge in [0.15, 0.2) is 5.96 Å². The number of amides is 1. The lowest BCUT2D eigenvalue weighted by molar-refractivity contribution is -0.116. The van der Waals surface area contributed by atoms with E-state index in [-0.39, 0.29) is 12.0 Å². The molecule has 3 N–H and O–H groups in total. The summed E-state index contributed by atoms with van der Waals surface area (Å²) in [5.74, 6) is 2.83. The number of ether oxygens (including phenoxy) is 2. The summed E-state index contributed by atoms with van der Waals surface area (Å²) in [6.07, 6.45) is 1.38. The van der Waals surface area contributed by atoms with E-state index in [9.17, 15) is 4.79 Å². The number of guanidine groups is 1. The van der Waals surface area contributed by atoms with Crippen LogP contribution in [0.5, 0.6) is 11.5 Å². The van der Waals surface area contributed by atoms with Gasteiger partial charge in [-0.3, -0.25) is 9.79 Å². The molecule has 8 heteroatoms. The topological polar surface area (TPSA) is 96.9 Å². The van der Waals surface area contributed by atoms with Crippen LogP contribution < -0.4 is 25.4 Å². The molecule has 0 saturated heterocycles. The molecule has 1 unspecified atom stereocenters. The number of hydrogen-bond acceptors (Lipinski definition) is 5. The van der Waals surface area contributed by atoms with Crippen LogP contribution in [0.4, 0.5) is 5.82 Å². The van der Waals surface area contributed by atoms with Crippen LogP contribution in [-0.2, 0) is 17.8 Å². The fourth-order valence-corrected chi connectivity index (χ4v) is 3.42. The minimum absolute atomic E-state index is 0.107. The number of aliphatic imine (C=N–C) groups is 1. The van der Waals surface area contributed by atoms with E-state index in [2.05, 4.69) is 38.9 Å². The maximum absolute atomic E-state index is 12.1. The van der Waals surface area contributed by atoms with Gasteiger partial charge in [-0.15, -0.1) is 0 Å². The molecule has 0 radical (unpaired) electrons. The second-order valence-electron chi connectivity index (χ2n) is 7.45. The lowest BCUT2D eigenvalue weighted by Gasteiger charge is -2.15. The van der Waals surface area contributed by atoms with E-state index in [0.717, 1.165) is 29.2 Å². The maximum Gasteiger partial charge on any atom is 0.227 e. The Labute approximate surface area is 183 Å². The lowest BCUT2D eigenvalue weighted by atomic mass is 10.1. The quantitative estimate of drug-likeness (QED) is 0.445. The molecule has 31 heavy (non-hydrogen) atoms. The van der Waals surface area contributed by atoms with Gasteiger partial charge in [-0.2, -0.15) is 0 Å². The van der Waals surface area contributed by atoms with Gasteiger partial charge < -0.3 is 25.4 Å². The molecule has 0 aliphatic carbocycles. The second kappa shape index (κ2) is 10.7. The lowest BCUT2D eigenvalue weighted by Crippen LogP contribution is -2.38. The summed E-state index contributed by atoms with van der Waals surface area (Å²) in [6, 6.07) is 9.63. The monoisotopic (exact) mass is 425 g/mol. The van der Waals surface area contributed by atoms with Gasteiger partial charge in [-0.05, 0) is 45.0 Å². The van der Waals surface area contributed by atoms with Crippen molar-refractivity contribution in [3.05, 3.63) is 47.2 Å². The molecule has 8 nitrogen and oxygen atoms in total. The molecule has 3 rings (SSSR count). The molecule has 0 spiro atoms. The van der Waals surface area contributed by atoms with E-state index in [4.69, 9.17) is 9.47 Å². The first kappa shape index (κ1) is 22.4. The number of aromatic nitrogens is 1. The Kier molecular flexibility index (Phi) is 7.70. The zero-order valence-corrected chi connectivity index (χ0v) is 18.6. The first-order chi connectivity index (χ1) is 15.0. The van der Waals surface area contributed by atoms with Gasteiger partial charge in [-0.1, -0.05) is 6.07 Å². The third-order valence-electron chi connectivity index (χ3n) is 4.85. The Morgan fingerprint density at radius 2 is 2.16 bits per heavy atom. The highest BCUT2D eigenvalue weighted by Gasteiger charge is 2.22. The van der Waals surface area contributed by atoms with Crippen LogP contribution in [0.3, 0.4) is 0 Å².